The van der Waals surface area contributed by atoms with Gasteiger partial charge in [-0.1, -0.05) is 12.1 Å². The predicted molar refractivity (Wildman–Crippen MR) is 113 cm³/mol. The normalized spacial score (nSPS) is 17.3. The summed E-state index contributed by atoms with van der Waals surface area (Å²) in [7, 11) is -3.10. The number of pyridine rings is 1. The highest BCUT2D eigenvalue weighted by Crippen LogP contribution is 2.57. The summed E-state index contributed by atoms with van der Waals surface area (Å²) >= 11 is 0. The van der Waals surface area contributed by atoms with Crippen LogP contribution in [0.1, 0.15) is 29.7 Å². The molecule has 1 aliphatic carbocycles. The van der Waals surface area contributed by atoms with Crippen molar-refractivity contribution in [3.8, 4) is 0 Å². The van der Waals surface area contributed by atoms with Crippen molar-refractivity contribution in [1.82, 2.24) is 9.55 Å². The zero-order chi connectivity index (χ0) is 20.4. The van der Waals surface area contributed by atoms with Gasteiger partial charge in [0.2, 0.25) is 5.91 Å². The first kappa shape index (κ1) is 18.4. The second kappa shape index (κ2) is 6.16. The van der Waals surface area contributed by atoms with E-state index in [2.05, 4.69) is 11.1 Å². The summed E-state index contributed by atoms with van der Waals surface area (Å²) in [5.74, 6) is 0.199. The molecule has 1 spiro atoms. The third kappa shape index (κ3) is 2.87. The van der Waals surface area contributed by atoms with E-state index in [9.17, 15) is 13.2 Å². The van der Waals surface area contributed by atoms with Crippen molar-refractivity contribution >= 4 is 32.3 Å². The molecule has 3 heterocycles. The molecule has 7 heteroatoms. The van der Waals surface area contributed by atoms with Crippen molar-refractivity contribution in [2.24, 2.45) is 0 Å². The number of nitrogens with zero attached hydrogens (tertiary/aromatic N) is 3. The van der Waals surface area contributed by atoms with Crippen molar-refractivity contribution in [2.75, 3.05) is 16.9 Å². The number of aryl methyl sites for hydroxylation is 2. The van der Waals surface area contributed by atoms with Gasteiger partial charge in [0, 0.05) is 35.6 Å². The van der Waals surface area contributed by atoms with Crippen molar-refractivity contribution in [3.63, 3.8) is 0 Å². The standard InChI is InChI=1S/C22H23N3O3S/c1-15-4-3-5-19-17(15)12-16(24(19)10-11-29(2,27)28)14-25-20-13-23-9-6-18(20)22(7-8-22)21(25)26/h3-6,9,12-13H,7-8,10-11,14H2,1-2H3. The summed E-state index contributed by atoms with van der Waals surface area (Å²) in [6.45, 7) is 2.83. The Balaban J connectivity index is 1.59. The van der Waals surface area contributed by atoms with Gasteiger partial charge in [0.1, 0.15) is 9.84 Å². The highest BCUT2D eigenvalue weighted by molar-refractivity contribution is 7.90. The minimum atomic E-state index is -3.10. The lowest BCUT2D eigenvalue weighted by molar-refractivity contribution is -0.120. The van der Waals surface area contributed by atoms with Crippen LogP contribution >= 0.6 is 0 Å². The lowest BCUT2D eigenvalue weighted by Gasteiger charge is -2.19. The molecule has 1 fully saturated rings. The maximum atomic E-state index is 13.3. The number of carbonyl (C=O) groups is 1. The van der Waals surface area contributed by atoms with Crippen LogP contribution in [-0.2, 0) is 33.1 Å². The zero-order valence-electron chi connectivity index (χ0n) is 16.6. The monoisotopic (exact) mass is 409 g/mol. The first-order chi connectivity index (χ1) is 13.8. The van der Waals surface area contributed by atoms with Crippen LogP contribution in [0.4, 0.5) is 5.69 Å². The number of aromatic nitrogens is 2. The highest BCUT2D eigenvalue weighted by Gasteiger charge is 2.59. The van der Waals surface area contributed by atoms with E-state index < -0.39 is 9.84 Å². The van der Waals surface area contributed by atoms with Gasteiger partial charge in [-0.25, -0.2) is 8.42 Å². The topological polar surface area (TPSA) is 72.3 Å². The molecule has 1 aliphatic heterocycles. The quantitative estimate of drug-likeness (QED) is 0.649. The van der Waals surface area contributed by atoms with Gasteiger partial charge < -0.3 is 9.47 Å². The molecule has 0 saturated heterocycles. The number of sulfone groups is 1. The summed E-state index contributed by atoms with van der Waals surface area (Å²) in [4.78, 5) is 19.3. The maximum Gasteiger partial charge on any atom is 0.238 e. The van der Waals surface area contributed by atoms with E-state index in [1.165, 1.54) is 6.26 Å². The van der Waals surface area contributed by atoms with Crippen LogP contribution in [0.2, 0.25) is 0 Å². The van der Waals surface area contributed by atoms with E-state index in [1.54, 1.807) is 12.4 Å². The molecule has 1 amide bonds. The molecule has 29 heavy (non-hydrogen) atoms. The summed E-state index contributed by atoms with van der Waals surface area (Å²) in [5.41, 5.74) is 4.67. The minimum absolute atomic E-state index is 0.0632. The van der Waals surface area contributed by atoms with Gasteiger partial charge in [-0.2, -0.15) is 0 Å². The largest absolute Gasteiger partial charge is 0.342 e. The van der Waals surface area contributed by atoms with E-state index in [0.29, 0.717) is 13.1 Å². The third-order valence-electron chi connectivity index (χ3n) is 6.27. The third-order valence-corrected chi connectivity index (χ3v) is 7.19. The molecular weight excluding hydrogens is 386 g/mol. The summed E-state index contributed by atoms with van der Waals surface area (Å²) < 4.78 is 25.7. The van der Waals surface area contributed by atoms with Crippen LogP contribution in [0, 0.1) is 6.92 Å². The molecule has 0 radical (unpaired) electrons. The Hall–Kier alpha value is -2.67. The molecule has 0 bridgehead atoms. The fraction of sp³-hybridized carbons (Fsp3) is 0.364. The number of rotatable bonds is 5. The molecule has 3 aromatic rings. The lowest BCUT2D eigenvalue weighted by atomic mass is 9.99. The molecule has 2 aromatic heterocycles. The Bertz CT molecular complexity index is 1260. The molecule has 0 unspecified atom stereocenters. The minimum Gasteiger partial charge on any atom is -0.342 e. The van der Waals surface area contributed by atoms with Gasteiger partial charge in [0.25, 0.3) is 0 Å². The zero-order valence-corrected chi connectivity index (χ0v) is 17.4. The van der Waals surface area contributed by atoms with Crippen molar-refractivity contribution in [2.45, 2.75) is 38.3 Å². The molecule has 150 valence electrons. The number of hydrogen-bond donors (Lipinski definition) is 0. The van der Waals surface area contributed by atoms with Crippen molar-refractivity contribution < 1.29 is 13.2 Å². The van der Waals surface area contributed by atoms with E-state index in [4.69, 9.17) is 0 Å². The number of hydrogen-bond acceptors (Lipinski definition) is 4. The van der Waals surface area contributed by atoms with E-state index >= 15 is 0 Å². The average Bonchev–Trinajstić information content (AvgIpc) is 3.35. The molecule has 0 atom stereocenters. The second-order valence-electron chi connectivity index (χ2n) is 8.29. The first-order valence-corrected chi connectivity index (χ1v) is 11.9. The fourth-order valence-electron chi connectivity index (χ4n) is 4.56. The van der Waals surface area contributed by atoms with Crippen LogP contribution in [0.15, 0.2) is 42.7 Å². The Morgan fingerprint density at radius 3 is 2.72 bits per heavy atom. The average molecular weight is 410 g/mol. The Labute approximate surface area is 170 Å². The van der Waals surface area contributed by atoms with Crippen LogP contribution < -0.4 is 4.90 Å². The van der Waals surface area contributed by atoms with Crippen molar-refractivity contribution in [1.29, 1.82) is 0 Å². The van der Waals surface area contributed by atoms with Gasteiger partial charge in [-0.3, -0.25) is 9.78 Å². The first-order valence-electron chi connectivity index (χ1n) is 9.82. The Morgan fingerprint density at radius 1 is 1.21 bits per heavy atom. The fourth-order valence-corrected chi connectivity index (χ4v) is 5.07. The van der Waals surface area contributed by atoms with Crippen LogP contribution in [-0.4, -0.2) is 35.9 Å². The number of anilines is 1. The number of amides is 1. The lowest BCUT2D eigenvalue weighted by Crippen LogP contribution is -2.32. The van der Waals surface area contributed by atoms with Crippen molar-refractivity contribution in [3.05, 3.63) is 59.5 Å². The van der Waals surface area contributed by atoms with Crippen LogP contribution in [0.3, 0.4) is 0 Å². The maximum absolute atomic E-state index is 13.3. The van der Waals surface area contributed by atoms with Gasteiger partial charge in [0.15, 0.2) is 0 Å². The molecule has 5 rings (SSSR count). The van der Waals surface area contributed by atoms with Gasteiger partial charge >= 0.3 is 0 Å². The summed E-state index contributed by atoms with van der Waals surface area (Å²) in [6, 6.07) is 10.1. The van der Waals surface area contributed by atoms with Gasteiger partial charge in [-0.05, 0) is 49.1 Å². The molecule has 1 aromatic carbocycles. The Morgan fingerprint density at radius 2 is 2.00 bits per heavy atom. The number of benzene rings is 1. The molecule has 1 saturated carbocycles. The van der Waals surface area contributed by atoms with E-state index in [-0.39, 0.29) is 17.1 Å². The van der Waals surface area contributed by atoms with Crippen LogP contribution in [0.25, 0.3) is 10.9 Å². The molecule has 2 aliphatic rings. The second-order valence-corrected chi connectivity index (χ2v) is 10.6. The molecule has 0 N–H and O–H groups in total. The van der Waals surface area contributed by atoms with E-state index in [1.807, 2.05) is 40.7 Å². The van der Waals surface area contributed by atoms with Gasteiger partial charge in [-0.15, -0.1) is 0 Å². The smallest absolute Gasteiger partial charge is 0.238 e. The highest BCUT2D eigenvalue weighted by atomic mass is 32.2. The van der Waals surface area contributed by atoms with Crippen LogP contribution in [0.5, 0.6) is 0 Å². The number of carbonyl (C=O) groups excluding carboxylic acids is 1. The molecular formula is C22H23N3O3S. The summed E-state index contributed by atoms with van der Waals surface area (Å²) in [6.07, 6.45) is 6.55. The SMILES string of the molecule is Cc1cccc2c1cc(CN1C(=O)C3(CC3)c3ccncc31)n2CCS(C)(=O)=O. The number of fused-ring (bicyclic) bond motifs is 3. The Kier molecular flexibility index (Phi) is 3.90. The molecule has 6 nitrogen and oxygen atoms in total. The van der Waals surface area contributed by atoms with E-state index in [0.717, 1.165) is 46.3 Å². The summed E-state index contributed by atoms with van der Waals surface area (Å²) in [5, 5.41) is 1.09. The predicted octanol–water partition coefficient (Wildman–Crippen LogP) is 2.97. The van der Waals surface area contributed by atoms with Gasteiger partial charge in [0.05, 0.1) is 29.6 Å².